The van der Waals surface area contributed by atoms with Gasteiger partial charge in [-0.2, -0.15) is 11.3 Å². The van der Waals surface area contributed by atoms with E-state index < -0.39 is 21.5 Å². The molecule has 164 valence electrons. The molecule has 0 radical (unpaired) electrons. The van der Waals surface area contributed by atoms with Gasteiger partial charge in [-0.3, -0.25) is 4.79 Å². The number of hydrogen-bond donors (Lipinski definition) is 1. The number of fused-ring (bicyclic) bond motifs is 1. The molecule has 0 spiro atoms. The Morgan fingerprint density at radius 3 is 2.75 bits per heavy atom. The SMILES string of the molecule is O=C(CS(=O)(=O)C=Cc1ccccc1)Nc1ccc2nc(SCCc3ccsc3)sc2c1. The maximum atomic E-state index is 12.3. The van der Waals surface area contributed by atoms with Crippen LogP contribution in [0.5, 0.6) is 0 Å². The molecule has 0 fully saturated rings. The molecule has 0 saturated carbocycles. The highest BCUT2D eigenvalue weighted by Crippen LogP contribution is 2.31. The lowest BCUT2D eigenvalue weighted by Gasteiger charge is -2.04. The van der Waals surface area contributed by atoms with Gasteiger partial charge in [-0.15, -0.1) is 11.3 Å². The van der Waals surface area contributed by atoms with Crippen molar-refractivity contribution in [2.24, 2.45) is 0 Å². The van der Waals surface area contributed by atoms with Gasteiger partial charge in [0.1, 0.15) is 5.75 Å². The van der Waals surface area contributed by atoms with E-state index in [0.717, 1.165) is 37.7 Å². The fourth-order valence-corrected chi connectivity index (χ4v) is 6.68. The molecule has 4 rings (SSSR count). The molecule has 0 aliphatic heterocycles. The molecule has 0 atom stereocenters. The average molecular weight is 501 g/mol. The van der Waals surface area contributed by atoms with Gasteiger partial charge in [0.05, 0.1) is 10.2 Å². The third-order valence-electron chi connectivity index (χ3n) is 4.45. The highest BCUT2D eigenvalue weighted by Gasteiger charge is 2.14. The normalized spacial score (nSPS) is 11.9. The number of nitrogens with zero attached hydrogens (tertiary/aromatic N) is 1. The third-order valence-corrected chi connectivity index (χ3v) is 8.56. The van der Waals surface area contributed by atoms with Gasteiger partial charge < -0.3 is 5.32 Å². The zero-order valence-electron chi connectivity index (χ0n) is 16.9. The van der Waals surface area contributed by atoms with E-state index in [9.17, 15) is 13.2 Å². The zero-order chi connectivity index (χ0) is 22.4. The van der Waals surface area contributed by atoms with E-state index in [1.165, 1.54) is 11.6 Å². The number of thioether (sulfide) groups is 1. The Labute approximate surface area is 199 Å². The molecule has 2 aromatic carbocycles. The zero-order valence-corrected chi connectivity index (χ0v) is 20.2. The second kappa shape index (κ2) is 10.4. The Balaban J connectivity index is 1.34. The highest BCUT2D eigenvalue weighted by atomic mass is 32.2. The van der Waals surface area contributed by atoms with Crippen LogP contribution in [0.25, 0.3) is 16.3 Å². The van der Waals surface area contributed by atoms with Crippen molar-refractivity contribution in [3.05, 3.63) is 81.9 Å². The third kappa shape index (κ3) is 6.52. The molecule has 0 unspecified atom stereocenters. The molecule has 1 N–H and O–H groups in total. The molecular weight excluding hydrogens is 481 g/mol. The molecular formula is C23H20N2O3S4. The summed E-state index contributed by atoms with van der Waals surface area (Å²) < 4.78 is 26.4. The number of hydrogen-bond acceptors (Lipinski definition) is 7. The number of aromatic nitrogens is 1. The summed E-state index contributed by atoms with van der Waals surface area (Å²) in [5, 5.41) is 8.00. The van der Waals surface area contributed by atoms with Crippen LogP contribution in [-0.2, 0) is 21.1 Å². The molecule has 1 amide bonds. The Hall–Kier alpha value is -2.46. The van der Waals surface area contributed by atoms with Crippen LogP contribution in [0.3, 0.4) is 0 Å². The molecule has 0 aliphatic rings. The number of anilines is 1. The van der Waals surface area contributed by atoms with Crippen LogP contribution in [-0.4, -0.2) is 30.8 Å². The first kappa shape index (κ1) is 22.7. The summed E-state index contributed by atoms with van der Waals surface area (Å²) in [5.41, 5.74) is 3.52. The number of carbonyl (C=O) groups excluding carboxylic acids is 1. The fourth-order valence-electron chi connectivity index (χ4n) is 2.91. The number of carbonyl (C=O) groups is 1. The summed E-state index contributed by atoms with van der Waals surface area (Å²) in [6.07, 6.45) is 2.49. The first-order chi connectivity index (χ1) is 15.5. The Bertz CT molecular complexity index is 1330. The summed E-state index contributed by atoms with van der Waals surface area (Å²) in [4.78, 5) is 16.9. The molecule has 0 saturated heterocycles. The molecule has 32 heavy (non-hydrogen) atoms. The summed E-state index contributed by atoms with van der Waals surface area (Å²) in [5.74, 6) is -0.230. The van der Waals surface area contributed by atoms with Gasteiger partial charge in [0.25, 0.3) is 0 Å². The van der Waals surface area contributed by atoms with Crippen molar-refractivity contribution in [1.29, 1.82) is 0 Å². The van der Waals surface area contributed by atoms with E-state index in [2.05, 4.69) is 27.1 Å². The summed E-state index contributed by atoms with van der Waals surface area (Å²) in [6.45, 7) is 0. The molecule has 9 heteroatoms. The first-order valence-corrected chi connectivity index (χ1v) is 14.2. The van der Waals surface area contributed by atoms with Crippen LogP contribution in [0.1, 0.15) is 11.1 Å². The molecule has 2 heterocycles. The van der Waals surface area contributed by atoms with Gasteiger partial charge in [-0.25, -0.2) is 13.4 Å². The van der Waals surface area contributed by atoms with E-state index in [1.807, 2.05) is 30.3 Å². The molecule has 0 aliphatic carbocycles. The largest absolute Gasteiger partial charge is 0.325 e. The molecule has 4 aromatic rings. The Kier molecular flexibility index (Phi) is 7.41. The van der Waals surface area contributed by atoms with Crippen LogP contribution in [0.4, 0.5) is 5.69 Å². The van der Waals surface area contributed by atoms with Crippen LogP contribution in [0, 0.1) is 0 Å². The first-order valence-electron chi connectivity index (χ1n) is 9.77. The topological polar surface area (TPSA) is 76.1 Å². The Morgan fingerprint density at radius 1 is 1.12 bits per heavy atom. The lowest BCUT2D eigenvalue weighted by molar-refractivity contribution is -0.113. The van der Waals surface area contributed by atoms with E-state index in [-0.39, 0.29) is 0 Å². The summed E-state index contributed by atoms with van der Waals surface area (Å²) >= 11 is 4.98. The van der Waals surface area contributed by atoms with Crippen molar-refractivity contribution < 1.29 is 13.2 Å². The van der Waals surface area contributed by atoms with Crippen molar-refractivity contribution >= 4 is 72.2 Å². The van der Waals surface area contributed by atoms with Crippen molar-refractivity contribution in [1.82, 2.24) is 4.98 Å². The number of sulfone groups is 1. The second-order valence-electron chi connectivity index (χ2n) is 6.96. The van der Waals surface area contributed by atoms with E-state index >= 15 is 0 Å². The van der Waals surface area contributed by atoms with Gasteiger partial charge >= 0.3 is 0 Å². The fraction of sp³-hybridized carbons (Fsp3) is 0.130. The summed E-state index contributed by atoms with van der Waals surface area (Å²) in [6, 6.07) is 16.6. The van der Waals surface area contributed by atoms with Crippen molar-refractivity contribution in [2.75, 3.05) is 16.8 Å². The molecule has 2 aromatic heterocycles. The number of thiazole rings is 1. The minimum absolute atomic E-state index is 0.559. The van der Waals surface area contributed by atoms with Crippen LogP contribution < -0.4 is 5.32 Å². The van der Waals surface area contributed by atoms with E-state index in [0.29, 0.717) is 5.69 Å². The van der Waals surface area contributed by atoms with Crippen molar-refractivity contribution in [2.45, 2.75) is 10.8 Å². The maximum absolute atomic E-state index is 12.3. The van der Waals surface area contributed by atoms with Gasteiger partial charge in [-0.1, -0.05) is 42.1 Å². The van der Waals surface area contributed by atoms with E-state index in [1.54, 1.807) is 52.6 Å². The molecule has 5 nitrogen and oxygen atoms in total. The second-order valence-corrected chi connectivity index (χ2v) is 12.0. The van der Waals surface area contributed by atoms with Gasteiger partial charge in [0.15, 0.2) is 14.2 Å². The lowest BCUT2D eigenvalue weighted by Crippen LogP contribution is -2.21. The minimum atomic E-state index is -3.67. The van der Waals surface area contributed by atoms with Crippen molar-refractivity contribution in [3.63, 3.8) is 0 Å². The number of thiophene rings is 1. The van der Waals surface area contributed by atoms with Gasteiger partial charge in [-0.05, 0) is 58.6 Å². The van der Waals surface area contributed by atoms with Crippen LogP contribution >= 0.6 is 34.4 Å². The number of rotatable bonds is 9. The lowest BCUT2D eigenvalue weighted by atomic mass is 10.2. The van der Waals surface area contributed by atoms with Crippen LogP contribution in [0.2, 0.25) is 0 Å². The van der Waals surface area contributed by atoms with Gasteiger partial charge in [0, 0.05) is 16.8 Å². The number of nitrogens with one attached hydrogen (secondary N) is 1. The smallest absolute Gasteiger partial charge is 0.239 e. The standard InChI is InChI=1S/C23H20N2O3S4/c26-22(16-32(27,28)13-10-17-4-2-1-3-5-17)24-19-6-7-20-21(14-19)31-23(25-20)30-12-9-18-8-11-29-15-18/h1-8,10-11,13-15H,9,12,16H2,(H,24,26). The highest BCUT2D eigenvalue weighted by molar-refractivity contribution is 8.01. The van der Waals surface area contributed by atoms with Crippen LogP contribution in [0.15, 0.2) is 75.1 Å². The number of aryl methyl sites for hydroxylation is 1. The average Bonchev–Trinajstić information content (AvgIpc) is 3.42. The quantitative estimate of drug-likeness (QED) is 0.298. The Morgan fingerprint density at radius 2 is 1.97 bits per heavy atom. The van der Waals surface area contributed by atoms with E-state index in [4.69, 9.17) is 0 Å². The monoisotopic (exact) mass is 500 g/mol. The molecule has 0 bridgehead atoms. The maximum Gasteiger partial charge on any atom is 0.239 e. The van der Waals surface area contributed by atoms with Crippen molar-refractivity contribution in [3.8, 4) is 0 Å². The summed E-state index contributed by atoms with van der Waals surface area (Å²) in [7, 11) is -3.67. The van der Waals surface area contributed by atoms with Gasteiger partial charge in [0.2, 0.25) is 5.91 Å². The number of benzene rings is 2. The predicted molar refractivity (Wildman–Crippen MR) is 136 cm³/mol. The number of amides is 1. The predicted octanol–water partition coefficient (Wildman–Crippen LogP) is 5.72. The minimum Gasteiger partial charge on any atom is -0.325 e.